The van der Waals surface area contributed by atoms with E-state index < -0.39 is 0 Å². The number of aromatic nitrogens is 1. The molecule has 2 aromatic carbocycles. The topological polar surface area (TPSA) is 22.6 Å². The Kier molecular flexibility index (Phi) is 9.99. The lowest BCUT2D eigenvalue weighted by Crippen LogP contribution is -2.46. The van der Waals surface area contributed by atoms with Crippen LogP contribution in [0, 0.1) is 6.42 Å². The summed E-state index contributed by atoms with van der Waals surface area (Å²) in [5.74, 6) is 0. The van der Waals surface area contributed by atoms with E-state index in [2.05, 4.69) is 64.5 Å². The molecule has 1 aliphatic heterocycles. The van der Waals surface area contributed by atoms with Gasteiger partial charge in [0.25, 0.3) is 0 Å². The first kappa shape index (κ1) is 28.9. The number of rotatable bonds is 8. The number of nitrogens with zero attached hydrogens (tertiary/aromatic N) is 4. The van der Waals surface area contributed by atoms with Crippen molar-refractivity contribution < 1.29 is 0 Å². The molecule has 0 spiro atoms. The smallest absolute Gasteiger partial charge is 0.113 e. The number of allylic oxidation sites excluding steroid dienone is 2. The van der Waals surface area contributed by atoms with E-state index in [4.69, 9.17) is 12.8 Å². The Bertz CT molecular complexity index is 1270. The second kappa shape index (κ2) is 13.8. The quantitative estimate of drug-likeness (QED) is 0.243. The first-order chi connectivity index (χ1) is 19.7. The molecule has 4 nitrogen and oxygen atoms in total. The van der Waals surface area contributed by atoms with E-state index >= 15 is 0 Å². The summed E-state index contributed by atoms with van der Waals surface area (Å²) in [4.78, 5) is 12.8. The molecule has 3 aromatic rings. The number of hydrogen-bond donors (Lipinski definition) is 0. The van der Waals surface area contributed by atoms with Gasteiger partial charge >= 0.3 is 0 Å². The lowest BCUT2D eigenvalue weighted by Gasteiger charge is -2.36. The Morgan fingerprint density at radius 1 is 0.925 bits per heavy atom. The molecule has 2 aliphatic carbocycles. The zero-order chi connectivity index (χ0) is 27.9. The molecular weight excluding hydrogens is 487 g/mol. The average molecular weight is 534 g/mol. The van der Waals surface area contributed by atoms with Crippen molar-refractivity contribution in [2.45, 2.75) is 78.4 Å². The van der Waals surface area contributed by atoms with Gasteiger partial charge in [-0.25, -0.2) is 0 Å². The van der Waals surface area contributed by atoms with Crippen molar-refractivity contribution in [3.8, 4) is 0 Å². The maximum absolute atomic E-state index is 5.90. The predicted octanol–water partition coefficient (Wildman–Crippen LogP) is 6.52. The molecule has 0 amide bonds. The molecule has 0 atom stereocenters. The van der Waals surface area contributed by atoms with Gasteiger partial charge in [-0.2, -0.15) is 0 Å². The Labute approximate surface area is 243 Å². The van der Waals surface area contributed by atoms with Crippen LogP contribution >= 0.6 is 0 Å². The number of pyridine rings is 1. The van der Waals surface area contributed by atoms with Gasteiger partial charge < -0.3 is 4.90 Å². The molecule has 6 rings (SSSR count). The maximum Gasteiger partial charge on any atom is 0.113 e. The molecule has 209 valence electrons. The van der Waals surface area contributed by atoms with Crippen LogP contribution in [-0.2, 0) is 13.1 Å². The molecule has 3 aliphatic rings. The van der Waals surface area contributed by atoms with Crippen LogP contribution in [0.4, 0.5) is 5.69 Å². The highest BCUT2D eigenvalue weighted by atomic mass is 15.3. The van der Waals surface area contributed by atoms with E-state index in [1.807, 2.05) is 32.2 Å². The van der Waals surface area contributed by atoms with Crippen molar-refractivity contribution in [2.75, 3.05) is 37.6 Å². The summed E-state index contributed by atoms with van der Waals surface area (Å²) < 4.78 is 0. The highest BCUT2D eigenvalue weighted by Crippen LogP contribution is 2.39. The van der Waals surface area contributed by atoms with Crippen LogP contribution in [0.5, 0.6) is 0 Å². The largest absolute Gasteiger partial charge is 0.369 e. The van der Waals surface area contributed by atoms with Crippen LogP contribution in [0.3, 0.4) is 0 Å². The molecule has 5 heteroatoms. The van der Waals surface area contributed by atoms with Gasteiger partial charge in [0.1, 0.15) is 7.85 Å². The standard InChI is InChI=1S/C33H40BN4.C2H6/c1-2-37(29-8-5-3-4-6-9-29)24-27-22-26(31-10-7-17-35-33(31)32(27)25-11-12-25)23-36-18-20-38(21-19-36)30-15-13-28(34)14-16-30;1-2/h7,10-17,22,29H,2-6,8-9,18-21,23-24H2,1H3;1-2H3. The fourth-order valence-corrected chi connectivity index (χ4v) is 6.59. The predicted molar refractivity (Wildman–Crippen MR) is 172 cm³/mol. The third-order valence-electron chi connectivity index (χ3n) is 8.83. The summed E-state index contributed by atoms with van der Waals surface area (Å²) in [6.07, 6.45) is 14.7. The Morgan fingerprint density at radius 2 is 1.62 bits per heavy atom. The molecule has 2 fully saturated rings. The van der Waals surface area contributed by atoms with Crippen LogP contribution in [0.25, 0.3) is 16.5 Å². The average Bonchev–Trinajstić information content (AvgIpc) is 3.86. The van der Waals surface area contributed by atoms with Gasteiger partial charge in [0, 0.05) is 74.6 Å². The second-order valence-electron chi connectivity index (χ2n) is 11.3. The third-order valence-corrected chi connectivity index (χ3v) is 8.83. The first-order valence-electron chi connectivity index (χ1n) is 15.7. The zero-order valence-corrected chi connectivity index (χ0v) is 24.9. The summed E-state index contributed by atoms with van der Waals surface area (Å²) in [5.41, 5.74) is 8.88. The van der Waals surface area contributed by atoms with Gasteiger partial charge in [0.15, 0.2) is 0 Å². The van der Waals surface area contributed by atoms with E-state index in [-0.39, 0.29) is 0 Å². The van der Waals surface area contributed by atoms with Crippen molar-refractivity contribution in [1.29, 1.82) is 0 Å². The van der Waals surface area contributed by atoms with Gasteiger partial charge in [-0.3, -0.25) is 14.8 Å². The van der Waals surface area contributed by atoms with Crippen LogP contribution in [-0.4, -0.2) is 61.4 Å². The Hall–Kier alpha value is -2.63. The summed E-state index contributed by atoms with van der Waals surface area (Å²) in [6, 6.07) is 15.9. The molecule has 40 heavy (non-hydrogen) atoms. The number of fused-ring (bicyclic) bond motifs is 1. The molecular formula is C35H46BN4. The zero-order valence-electron chi connectivity index (χ0n) is 24.9. The molecule has 1 saturated heterocycles. The van der Waals surface area contributed by atoms with Crippen LogP contribution in [0.15, 0.2) is 54.7 Å². The summed E-state index contributed by atoms with van der Waals surface area (Å²) >= 11 is 0. The molecule has 0 unspecified atom stereocenters. The fourth-order valence-electron chi connectivity index (χ4n) is 6.59. The minimum atomic E-state index is 0.705. The lowest BCUT2D eigenvalue weighted by molar-refractivity contribution is 0.179. The second-order valence-corrected chi connectivity index (χ2v) is 11.3. The van der Waals surface area contributed by atoms with E-state index in [1.54, 1.807) is 0 Å². The summed E-state index contributed by atoms with van der Waals surface area (Å²) in [7, 11) is 5.90. The molecule has 0 N–H and O–H groups in total. The Balaban J connectivity index is 0.00000158. The summed E-state index contributed by atoms with van der Waals surface area (Å²) in [5, 5.41) is 1.31. The maximum atomic E-state index is 5.90. The van der Waals surface area contributed by atoms with Crippen LogP contribution in [0.1, 0.15) is 76.0 Å². The minimum absolute atomic E-state index is 0.705. The van der Waals surface area contributed by atoms with Crippen LogP contribution in [0.2, 0.25) is 0 Å². The molecule has 0 bridgehead atoms. The van der Waals surface area contributed by atoms with E-state index in [0.29, 0.717) is 6.04 Å². The molecule has 1 saturated carbocycles. The number of anilines is 1. The van der Waals surface area contributed by atoms with Crippen molar-refractivity contribution in [1.82, 2.24) is 14.8 Å². The minimum Gasteiger partial charge on any atom is -0.369 e. The lowest BCUT2D eigenvalue weighted by atomic mass is 9.94. The van der Waals surface area contributed by atoms with Crippen molar-refractivity contribution in [3.63, 3.8) is 0 Å². The fraction of sp³-hybridized carbons (Fsp3) is 0.486. The number of piperazine rings is 1. The van der Waals surface area contributed by atoms with Crippen molar-refractivity contribution in [2.24, 2.45) is 0 Å². The van der Waals surface area contributed by atoms with Gasteiger partial charge in [-0.05, 0) is 54.3 Å². The van der Waals surface area contributed by atoms with Crippen LogP contribution < -0.4 is 10.4 Å². The van der Waals surface area contributed by atoms with Crippen molar-refractivity contribution >= 4 is 35.5 Å². The molecule has 2 heterocycles. The van der Waals surface area contributed by atoms with E-state index in [1.165, 1.54) is 77.4 Å². The monoisotopic (exact) mass is 533 g/mol. The van der Waals surface area contributed by atoms with E-state index in [0.717, 1.165) is 51.3 Å². The number of benzene rings is 2. The SMILES string of the molecule is CC.[B]c1ccc(N2CCN(Cc3cc(CN(CC)C4CCCCCC4)c(C4=C[CH]4)c4ncccc34)CC2)cc1. The highest BCUT2D eigenvalue weighted by molar-refractivity contribution is 6.32. The third kappa shape index (κ3) is 6.80. The van der Waals surface area contributed by atoms with Gasteiger partial charge in [0.05, 0.1) is 5.52 Å². The molecule has 1 aromatic heterocycles. The van der Waals surface area contributed by atoms with E-state index in [9.17, 15) is 0 Å². The Morgan fingerprint density at radius 3 is 2.27 bits per heavy atom. The molecule has 3 radical (unpaired) electrons. The van der Waals surface area contributed by atoms with Crippen molar-refractivity contribution in [3.05, 3.63) is 77.8 Å². The first-order valence-corrected chi connectivity index (χ1v) is 15.7. The highest BCUT2D eigenvalue weighted by Gasteiger charge is 2.26. The summed E-state index contributed by atoms with van der Waals surface area (Å²) in [6.45, 7) is 13.6. The normalized spacial score (nSPS) is 18.3. The van der Waals surface area contributed by atoms with Gasteiger partial charge in [0.2, 0.25) is 0 Å². The van der Waals surface area contributed by atoms with Gasteiger partial charge in [-0.1, -0.05) is 82.3 Å². The number of hydrogen-bond acceptors (Lipinski definition) is 4. The van der Waals surface area contributed by atoms with Gasteiger partial charge in [-0.15, -0.1) is 0 Å².